The highest BCUT2D eigenvalue weighted by Gasteiger charge is 2.30. The third-order valence-corrected chi connectivity index (χ3v) is 2.85. The summed E-state index contributed by atoms with van der Waals surface area (Å²) in [4.78, 5) is 11.9. The van der Waals surface area contributed by atoms with E-state index in [0.29, 0.717) is 6.54 Å². The molecule has 15 heavy (non-hydrogen) atoms. The minimum atomic E-state index is -0.757. The molecule has 0 rings (SSSR count). The Kier molecular flexibility index (Phi) is 4.71. The summed E-state index contributed by atoms with van der Waals surface area (Å²) in [5.41, 5.74) is 4.97. The number of thiocarbonyl (C=S) groups is 1. The standard InChI is InChI=1S/C11H22N2OS/c1-10(2,3)6-7-13-9(14)11(4,5)8(12)15/h6-7H2,1-5H3,(H2,12,15)(H,13,14). The molecule has 0 spiro atoms. The van der Waals surface area contributed by atoms with E-state index in [0.717, 1.165) is 6.42 Å². The largest absolute Gasteiger partial charge is 0.392 e. The number of nitrogens with two attached hydrogens (primary N) is 1. The summed E-state index contributed by atoms with van der Waals surface area (Å²) < 4.78 is 0. The van der Waals surface area contributed by atoms with Crippen LogP contribution in [0.5, 0.6) is 0 Å². The topological polar surface area (TPSA) is 55.1 Å². The molecule has 0 aliphatic rings. The molecule has 88 valence electrons. The number of carbonyl (C=O) groups is 1. The van der Waals surface area contributed by atoms with Crippen molar-refractivity contribution < 1.29 is 4.79 Å². The van der Waals surface area contributed by atoms with Crippen molar-refractivity contribution in [2.45, 2.75) is 41.0 Å². The van der Waals surface area contributed by atoms with Gasteiger partial charge in [0.2, 0.25) is 5.91 Å². The molecule has 0 radical (unpaired) electrons. The zero-order valence-electron chi connectivity index (χ0n) is 10.3. The normalized spacial score (nSPS) is 12.3. The smallest absolute Gasteiger partial charge is 0.232 e. The zero-order valence-corrected chi connectivity index (χ0v) is 11.1. The fourth-order valence-electron chi connectivity index (χ4n) is 0.884. The number of hydrogen-bond acceptors (Lipinski definition) is 2. The first-order valence-electron chi connectivity index (χ1n) is 5.15. The van der Waals surface area contributed by atoms with Crippen molar-refractivity contribution in [3.63, 3.8) is 0 Å². The van der Waals surface area contributed by atoms with Crippen molar-refractivity contribution in [2.24, 2.45) is 16.6 Å². The average molecular weight is 230 g/mol. The van der Waals surface area contributed by atoms with Crippen LogP contribution in [0.4, 0.5) is 0 Å². The first-order chi connectivity index (χ1) is 6.57. The Labute approximate surface area is 97.8 Å². The molecule has 0 atom stereocenters. The average Bonchev–Trinajstić information content (AvgIpc) is 2.01. The molecular formula is C11H22N2OS. The molecule has 0 aliphatic carbocycles. The van der Waals surface area contributed by atoms with E-state index in [2.05, 4.69) is 26.1 Å². The van der Waals surface area contributed by atoms with Crippen molar-refractivity contribution in [1.29, 1.82) is 0 Å². The molecule has 0 aromatic carbocycles. The number of nitrogens with one attached hydrogen (secondary N) is 1. The summed E-state index contributed by atoms with van der Waals surface area (Å²) in [7, 11) is 0. The molecule has 4 heteroatoms. The van der Waals surface area contributed by atoms with E-state index in [1.54, 1.807) is 13.8 Å². The van der Waals surface area contributed by atoms with Crippen LogP contribution in [0.3, 0.4) is 0 Å². The van der Waals surface area contributed by atoms with Gasteiger partial charge in [-0.2, -0.15) is 0 Å². The SMILES string of the molecule is CC(C)(C)CCNC(=O)C(C)(C)C(N)=S. The molecule has 3 N–H and O–H groups in total. The predicted octanol–water partition coefficient (Wildman–Crippen LogP) is 1.85. The molecule has 0 aromatic heterocycles. The predicted molar refractivity (Wildman–Crippen MR) is 67.6 cm³/mol. The summed E-state index contributed by atoms with van der Waals surface area (Å²) in [5.74, 6) is -0.0979. The Morgan fingerprint density at radius 2 is 1.73 bits per heavy atom. The van der Waals surface area contributed by atoms with Crippen LogP contribution < -0.4 is 11.1 Å². The van der Waals surface area contributed by atoms with Crippen LogP contribution in [0.15, 0.2) is 0 Å². The van der Waals surface area contributed by atoms with Gasteiger partial charge in [0, 0.05) is 6.54 Å². The van der Waals surface area contributed by atoms with E-state index in [1.807, 2.05) is 0 Å². The number of rotatable bonds is 4. The fraction of sp³-hybridized carbons (Fsp3) is 0.818. The van der Waals surface area contributed by atoms with E-state index in [9.17, 15) is 4.79 Å². The summed E-state index contributed by atoms with van der Waals surface area (Å²) in [6, 6.07) is 0. The maximum Gasteiger partial charge on any atom is 0.232 e. The van der Waals surface area contributed by atoms with Crippen molar-refractivity contribution in [3.05, 3.63) is 0 Å². The van der Waals surface area contributed by atoms with Crippen molar-refractivity contribution in [1.82, 2.24) is 5.32 Å². The molecule has 0 heterocycles. The molecular weight excluding hydrogens is 208 g/mol. The van der Waals surface area contributed by atoms with Gasteiger partial charge in [0.05, 0.1) is 10.4 Å². The van der Waals surface area contributed by atoms with Crippen molar-refractivity contribution >= 4 is 23.1 Å². The van der Waals surface area contributed by atoms with Gasteiger partial charge in [-0.05, 0) is 25.7 Å². The Morgan fingerprint density at radius 1 is 1.27 bits per heavy atom. The van der Waals surface area contributed by atoms with Crippen LogP contribution in [0.2, 0.25) is 0 Å². The molecule has 3 nitrogen and oxygen atoms in total. The van der Waals surface area contributed by atoms with Gasteiger partial charge in [0.25, 0.3) is 0 Å². The first-order valence-corrected chi connectivity index (χ1v) is 5.56. The lowest BCUT2D eigenvalue weighted by Gasteiger charge is -2.24. The Bertz CT molecular complexity index is 254. The van der Waals surface area contributed by atoms with Gasteiger partial charge in [-0.25, -0.2) is 0 Å². The van der Waals surface area contributed by atoms with Gasteiger partial charge in [-0.3, -0.25) is 4.79 Å². The van der Waals surface area contributed by atoms with Crippen LogP contribution in [0, 0.1) is 10.8 Å². The molecule has 0 aromatic rings. The molecule has 0 unspecified atom stereocenters. The maximum absolute atomic E-state index is 11.7. The fourth-order valence-corrected chi connectivity index (χ4v) is 0.977. The van der Waals surface area contributed by atoms with E-state index in [-0.39, 0.29) is 16.3 Å². The number of carbonyl (C=O) groups excluding carboxylic acids is 1. The van der Waals surface area contributed by atoms with Crippen molar-refractivity contribution in [3.8, 4) is 0 Å². The second kappa shape index (κ2) is 4.92. The number of amides is 1. The van der Waals surface area contributed by atoms with Gasteiger partial charge < -0.3 is 11.1 Å². The lowest BCUT2D eigenvalue weighted by molar-refractivity contribution is -0.126. The third-order valence-electron chi connectivity index (χ3n) is 2.34. The Hall–Kier alpha value is -0.640. The molecule has 0 aliphatic heterocycles. The van der Waals surface area contributed by atoms with Crippen LogP contribution >= 0.6 is 12.2 Å². The van der Waals surface area contributed by atoms with E-state index in [4.69, 9.17) is 18.0 Å². The second-order valence-corrected chi connectivity index (χ2v) is 6.00. The van der Waals surface area contributed by atoms with Gasteiger partial charge in [-0.1, -0.05) is 33.0 Å². The molecule has 0 fully saturated rings. The zero-order chi connectivity index (χ0) is 12.3. The minimum Gasteiger partial charge on any atom is -0.392 e. The van der Waals surface area contributed by atoms with E-state index < -0.39 is 5.41 Å². The Balaban J connectivity index is 4.11. The molecule has 0 saturated carbocycles. The van der Waals surface area contributed by atoms with Crippen LogP contribution in [0.1, 0.15) is 41.0 Å². The van der Waals surface area contributed by atoms with Crippen molar-refractivity contribution in [2.75, 3.05) is 6.54 Å². The van der Waals surface area contributed by atoms with E-state index in [1.165, 1.54) is 0 Å². The van der Waals surface area contributed by atoms with Gasteiger partial charge >= 0.3 is 0 Å². The third kappa shape index (κ3) is 5.11. The lowest BCUT2D eigenvalue weighted by Crippen LogP contribution is -2.45. The lowest BCUT2D eigenvalue weighted by atomic mass is 9.90. The Morgan fingerprint density at radius 3 is 2.07 bits per heavy atom. The number of hydrogen-bond donors (Lipinski definition) is 2. The molecule has 0 saturated heterocycles. The van der Waals surface area contributed by atoms with Gasteiger partial charge in [0.15, 0.2) is 0 Å². The van der Waals surface area contributed by atoms with Crippen LogP contribution in [-0.2, 0) is 4.79 Å². The summed E-state index contributed by atoms with van der Waals surface area (Å²) in [6.07, 6.45) is 0.937. The van der Waals surface area contributed by atoms with Crippen LogP contribution in [-0.4, -0.2) is 17.4 Å². The summed E-state index contributed by atoms with van der Waals surface area (Å²) >= 11 is 4.85. The highest BCUT2D eigenvalue weighted by Crippen LogP contribution is 2.18. The summed E-state index contributed by atoms with van der Waals surface area (Å²) in [6.45, 7) is 10.5. The van der Waals surface area contributed by atoms with Crippen LogP contribution in [0.25, 0.3) is 0 Å². The molecule has 1 amide bonds. The minimum absolute atomic E-state index is 0.0979. The van der Waals surface area contributed by atoms with Gasteiger partial charge in [-0.15, -0.1) is 0 Å². The highest BCUT2D eigenvalue weighted by atomic mass is 32.1. The monoisotopic (exact) mass is 230 g/mol. The summed E-state index contributed by atoms with van der Waals surface area (Å²) in [5, 5.41) is 2.85. The van der Waals surface area contributed by atoms with Gasteiger partial charge in [0.1, 0.15) is 0 Å². The molecule has 0 bridgehead atoms. The van der Waals surface area contributed by atoms with E-state index >= 15 is 0 Å². The highest BCUT2D eigenvalue weighted by molar-refractivity contribution is 7.80. The first kappa shape index (κ1) is 14.4. The quantitative estimate of drug-likeness (QED) is 0.725. The maximum atomic E-state index is 11.7. The second-order valence-electron chi connectivity index (χ2n) is 5.56.